The maximum absolute atomic E-state index is 13.3. The highest BCUT2D eigenvalue weighted by atomic mass is 19.4. The lowest BCUT2D eigenvalue weighted by atomic mass is 9.93. The van der Waals surface area contributed by atoms with Crippen LogP contribution < -0.4 is 10.7 Å². The van der Waals surface area contributed by atoms with Crippen LogP contribution in [-0.2, 0) is 18.8 Å². The van der Waals surface area contributed by atoms with Crippen LogP contribution in [0.15, 0.2) is 58.0 Å². The Morgan fingerprint density at radius 1 is 0.971 bits per heavy atom. The summed E-state index contributed by atoms with van der Waals surface area (Å²) < 4.78 is 84.4. The lowest BCUT2D eigenvalue weighted by Crippen LogP contribution is -2.17. The van der Waals surface area contributed by atoms with Gasteiger partial charge in [-0.15, -0.1) is 0 Å². The molecular formula is C24H19F6N3O2. The molecular weight excluding hydrogens is 476 g/mol. The molecule has 0 atom stereocenters. The number of nitrogens with zero attached hydrogens (tertiary/aromatic N) is 1. The Morgan fingerprint density at radius 3 is 2.43 bits per heavy atom. The van der Waals surface area contributed by atoms with E-state index in [0.29, 0.717) is 41.9 Å². The first-order valence-electron chi connectivity index (χ1n) is 10.5. The number of anilines is 2. The molecule has 0 spiro atoms. The maximum atomic E-state index is 13.3. The molecule has 0 bridgehead atoms. The lowest BCUT2D eigenvalue weighted by Gasteiger charge is -2.14. The van der Waals surface area contributed by atoms with Crippen molar-refractivity contribution >= 4 is 23.0 Å². The number of benzene rings is 2. The summed E-state index contributed by atoms with van der Waals surface area (Å²) in [7, 11) is 0. The second kappa shape index (κ2) is 9.12. The van der Waals surface area contributed by atoms with Gasteiger partial charge in [0.1, 0.15) is 5.76 Å². The van der Waals surface area contributed by atoms with Gasteiger partial charge in [-0.3, -0.25) is 10.2 Å². The Labute approximate surface area is 195 Å². The summed E-state index contributed by atoms with van der Waals surface area (Å²) in [5, 5.41) is 6.50. The van der Waals surface area contributed by atoms with Gasteiger partial charge in [0.25, 0.3) is 5.91 Å². The normalized spacial score (nSPS) is 15.1. The number of hydrogen-bond donors (Lipinski definition) is 2. The highest BCUT2D eigenvalue weighted by molar-refractivity contribution is 6.09. The van der Waals surface area contributed by atoms with Crippen molar-refractivity contribution in [1.29, 1.82) is 0 Å². The standard InChI is InChI=1S/C24H19F6N3O2/c1-13-20-18(33-32-15-7-4-6-14(12-15)23(25,26)27)10-5-11-19(20)35-21(13)22(34)31-17-9-3-2-8-16(17)24(28,29)30/h2-4,6-9,12,32H,5,10-11H2,1H3,(H,31,34)/b33-18+. The van der Waals surface area contributed by atoms with Crippen LogP contribution in [0.25, 0.3) is 0 Å². The number of fused-ring (bicyclic) bond motifs is 1. The third kappa shape index (κ3) is 5.18. The molecule has 0 unspecified atom stereocenters. The number of aryl methyl sites for hydroxylation is 1. The average molecular weight is 495 g/mol. The molecule has 1 heterocycles. The van der Waals surface area contributed by atoms with Crippen molar-refractivity contribution in [2.45, 2.75) is 38.5 Å². The molecule has 3 aromatic rings. The molecule has 1 aliphatic carbocycles. The van der Waals surface area contributed by atoms with Crippen molar-refractivity contribution in [3.8, 4) is 0 Å². The smallest absolute Gasteiger partial charge is 0.418 e. The first-order valence-corrected chi connectivity index (χ1v) is 10.5. The Morgan fingerprint density at radius 2 is 1.71 bits per heavy atom. The van der Waals surface area contributed by atoms with Crippen LogP contribution in [-0.4, -0.2) is 11.6 Å². The van der Waals surface area contributed by atoms with Gasteiger partial charge in [0.05, 0.1) is 28.2 Å². The van der Waals surface area contributed by atoms with Crippen LogP contribution in [0.5, 0.6) is 0 Å². The van der Waals surface area contributed by atoms with E-state index in [1.807, 2.05) is 0 Å². The number of furan rings is 1. The van der Waals surface area contributed by atoms with Gasteiger partial charge in [-0.2, -0.15) is 31.4 Å². The molecule has 11 heteroatoms. The predicted octanol–water partition coefficient (Wildman–Crippen LogP) is 7.03. The van der Waals surface area contributed by atoms with Crippen molar-refractivity contribution in [1.82, 2.24) is 0 Å². The average Bonchev–Trinajstić information content (AvgIpc) is 3.14. The Balaban J connectivity index is 1.61. The molecule has 35 heavy (non-hydrogen) atoms. The van der Waals surface area contributed by atoms with Crippen LogP contribution in [0.3, 0.4) is 0 Å². The Bertz CT molecular complexity index is 1290. The van der Waals surface area contributed by atoms with Crippen LogP contribution >= 0.6 is 0 Å². The van der Waals surface area contributed by atoms with E-state index in [2.05, 4.69) is 15.8 Å². The number of halogens is 6. The zero-order valence-corrected chi connectivity index (χ0v) is 18.3. The van der Waals surface area contributed by atoms with Crippen molar-refractivity contribution < 1.29 is 35.6 Å². The minimum atomic E-state index is -4.66. The molecule has 0 saturated heterocycles. The fourth-order valence-electron chi connectivity index (χ4n) is 3.91. The van der Waals surface area contributed by atoms with E-state index >= 15 is 0 Å². The van der Waals surface area contributed by atoms with E-state index in [1.54, 1.807) is 6.92 Å². The quantitative estimate of drug-likeness (QED) is 0.302. The van der Waals surface area contributed by atoms with Crippen molar-refractivity contribution in [2.75, 3.05) is 10.7 Å². The van der Waals surface area contributed by atoms with Gasteiger partial charge in [0, 0.05) is 17.5 Å². The molecule has 1 amide bonds. The lowest BCUT2D eigenvalue weighted by molar-refractivity contribution is -0.138. The summed E-state index contributed by atoms with van der Waals surface area (Å²) in [6.45, 7) is 1.58. The van der Waals surface area contributed by atoms with Crippen LogP contribution in [0.1, 0.15) is 51.4 Å². The fourth-order valence-corrected chi connectivity index (χ4v) is 3.91. The van der Waals surface area contributed by atoms with Gasteiger partial charge in [0.15, 0.2) is 5.76 Å². The molecule has 2 N–H and O–H groups in total. The van der Waals surface area contributed by atoms with Crippen molar-refractivity contribution in [3.05, 3.63) is 82.3 Å². The SMILES string of the molecule is Cc1c(C(=O)Nc2ccccc2C(F)(F)F)oc2c1/C(=N/Nc1cccc(C(F)(F)F)c1)CCC2. The molecule has 4 rings (SSSR count). The van der Waals surface area contributed by atoms with Gasteiger partial charge < -0.3 is 9.73 Å². The number of hydrazone groups is 1. The first kappa shape index (κ1) is 24.4. The van der Waals surface area contributed by atoms with Crippen LogP contribution in [0, 0.1) is 6.92 Å². The second-order valence-corrected chi connectivity index (χ2v) is 7.95. The summed E-state index contributed by atoms with van der Waals surface area (Å²) in [6, 6.07) is 9.14. The monoisotopic (exact) mass is 495 g/mol. The van der Waals surface area contributed by atoms with Gasteiger partial charge >= 0.3 is 12.4 Å². The maximum Gasteiger partial charge on any atom is 0.418 e. The Kier molecular flexibility index (Phi) is 6.35. The zero-order chi connectivity index (χ0) is 25.4. The van der Waals surface area contributed by atoms with Crippen LogP contribution in [0.2, 0.25) is 0 Å². The summed E-state index contributed by atoms with van der Waals surface area (Å²) >= 11 is 0. The van der Waals surface area contributed by atoms with E-state index in [4.69, 9.17) is 4.42 Å². The molecule has 184 valence electrons. The molecule has 1 aliphatic rings. The van der Waals surface area contributed by atoms with Crippen molar-refractivity contribution in [3.63, 3.8) is 0 Å². The molecule has 0 fully saturated rings. The van der Waals surface area contributed by atoms with Gasteiger partial charge in [-0.1, -0.05) is 18.2 Å². The number of para-hydroxylation sites is 1. The Hall–Kier alpha value is -3.76. The fraction of sp³-hybridized carbons (Fsp3) is 0.250. The molecule has 0 radical (unpaired) electrons. The predicted molar refractivity (Wildman–Crippen MR) is 117 cm³/mol. The van der Waals surface area contributed by atoms with E-state index in [-0.39, 0.29) is 11.4 Å². The molecule has 5 nitrogen and oxygen atoms in total. The van der Waals surface area contributed by atoms with Gasteiger partial charge in [0.2, 0.25) is 0 Å². The third-order valence-electron chi connectivity index (χ3n) is 5.52. The number of hydrogen-bond acceptors (Lipinski definition) is 4. The molecule has 0 saturated carbocycles. The number of nitrogens with one attached hydrogen (secondary N) is 2. The molecule has 1 aromatic heterocycles. The largest absolute Gasteiger partial charge is 0.455 e. The summed E-state index contributed by atoms with van der Waals surface area (Å²) in [5.74, 6) is -0.563. The third-order valence-corrected chi connectivity index (χ3v) is 5.52. The van der Waals surface area contributed by atoms with Gasteiger partial charge in [-0.25, -0.2) is 0 Å². The van der Waals surface area contributed by atoms with Gasteiger partial charge in [-0.05, 0) is 50.1 Å². The summed E-state index contributed by atoms with van der Waals surface area (Å²) in [6.07, 6.45) is -7.60. The number of rotatable bonds is 4. The van der Waals surface area contributed by atoms with E-state index in [1.165, 1.54) is 24.3 Å². The zero-order valence-electron chi connectivity index (χ0n) is 18.3. The highest BCUT2D eigenvalue weighted by Gasteiger charge is 2.35. The number of amides is 1. The van der Waals surface area contributed by atoms with Crippen LogP contribution in [0.4, 0.5) is 37.7 Å². The minimum absolute atomic E-state index is 0.127. The number of carbonyl (C=O) groups excluding carboxylic acids is 1. The number of carbonyl (C=O) groups is 1. The highest BCUT2D eigenvalue weighted by Crippen LogP contribution is 2.36. The second-order valence-electron chi connectivity index (χ2n) is 7.95. The van der Waals surface area contributed by atoms with E-state index < -0.39 is 35.1 Å². The summed E-state index contributed by atoms with van der Waals surface area (Å²) in [5.41, 5.74) is 1.89. The topological polar surface area (TPSA) is 66.6 Å². The molecule has 2 aromatic carbocycles. The molecule has 0 aliphatic heterocycles. The number of alkyl halides is 6. The minimum Gasteiger partial charge on any atom is -0.455 e. The summed E-state index contributed by atoms with van der Waals surface area (Å²) in [4.78, 5) is 12.8. The van der Waals surface area contributed by atoms with E-state index in [9.17, 15) is 31.1 Å². The van der Waals surface area contributed by atoms with Crippen molar-refractivity contribution in [2.24, 2.45) is 5.10 Å². The first-order chi connectivity index (χ1) is 16.4. The van der Waals surface area contributed by atoms with E-state index in [0.717, 1.165) is 24.3 Å².